The molecule has 0 saturated heterocycles. The number of hydrogen-bond donors (Lipinski definition) is 0. The molecule has 1 nitrogen and oxygen atoms in total. The highest BCUT2D eigenvalue weighted by molar-refractivity contribution is 14.1. The summed E-state index contributed by atoms with van der Waals surface area (Å²) in [6, 6.07) is 0. The van der Waals surface area contributed by atoms with E-state index in [1.54, 1.807) is 0 Å². The van der Waals surface area contributed by atoms with E-state index in [1.807, 2.05) is 44.6 Å². The van der Waals surface area contributed by atoms with Gasteiger partial charge >= 0.3 is 0 Å². The summed E-state index contributed by atoms with van der Waals surface area (Å²) in [6.07, 6.45) is 0. The minimum atomic E-state index is -0.118. The molecule has 0 rings (SSSR count). The second-order valence-electron chi connectivity index (χ2n) is 4.63. The lowest BCUT2D eigenvalue weighted by molar-refractivity contribution is 0.134. The summed E-state index contributed by atoms with van der Waals surface area (Å²) in [7, 11) is 3.80. The van der Waals surface area contributed by atoms with E-state index in [9.17, 15) is 0 Å². The molecule has 0 aliphatic carbocycles. The molecule has 14 heavy (non-hydrogen) atoms. The van der Waals surface area contributed by atoms with Crippen molar-refractivity contribution >= 4 is 67.2 Å². The highest BCUT2D eigenvalue weighted by Gasteiger charge is 2.40. The fraction of sp³-hybridized carbons (Fsp3) is 1.00. The van der Waals surface area contributed by atoms with Gasteiger partial charge in [-0.25, -0.2) is 0 Å². The Labute approximate surface area is 123 Å². The number of hydrogen-bond acceptors (Lipinski definition) is 3. The van der Waals surface area contributed by atoms with Crippen LogP contribution in [0, 0.1) is 0 Å². The molecule has 0 amide bonds. The van der Waals surface area contributed by atoms with E-state index in [0.29, 0.717) is 0 Å². The Bertz CT molecular complexity index is 188. The first kappa shape index (κ1) is 16.1. The second-order valence-corrected chi connectivity index (χ2v) is 11.9. The van der Waals surface area contributed by atoms with Gasteiger partial charge in [-0.3, -0.25) is 0 Å². The van der Waals surface area contributed by atoms with Crippen molar-refractivity contribution in [3.8, 4) is 0 Å². The maximum atomic E-state index is 5.50. The predicted octanol–water partition coefficient (Wildman–Crippen LogP) is 5.46. The summed E-state index contributed by atoms with van der Waals surface area (Å²) in [4.78, 5) is 0. The van der Waals surface area contributed by atoms with Gasteiger partial charge < -0.3 is 3.07 Å². The molecule has 0 saturated carbocycles. The molecule has 0 aromatic carbocycles. The average molecular weight is 460 g/mol. The van der Waals surface area contributed by atoms with Crippen LogP contribution in [0.15, 0.2) is 0 Å². The van der Waals surface area contributed by atoms with E-state index >= 15 is 0 Å². The van der Waals surface area contributed by atoms with Gasteiger partial charge in [0.15, 0.2) is 0 Å². The van der Waals surface area contributed by atoms with Crippen molar-refractivity contribution in [1.82, 2.24) is 0 Å². The van der Waals surface area contributed by atoms with E-state index in [-0.39, 0.29) is 13.1 Å². The lowest BCUT2D eigenvalue weighted by Crippen LogP contribution is -2.42. The Morgan fingerprint density at radius 1 is 0.929 bits per heavy atom. The van der Waals surface area contributed by atoms with Crippen molar-refractivity contribution in [2.75, 3.05) is 0 Å². The average Bonchev–Trinajstić information content (AvgIpc) is 1.99. The fourth-order valence-corrected chi connectivity index (χ4v) is 4.38. The smallest absolute Gasteiger partial charge is 0.110 e. The zero-order valence-corrected chi connectivity index (χ0v) is 15.4. The molecule has 0 unspecified atom stereocenters. The third-order valence-electron chi connectivity index (χ3n) is 2.09. The van der Waals surface area contributed by atoms with Crippen LogP contribution in [0.25, 0.3) is 0 Å². The Morgan fingerprint density at radius 3 is 1.64 bits per heavy atom. The lowest BCUT2D eigenvalue weighted by atomic mass is 9.94. The minimum Gasteiger partial charge on any atom is -0.308 e. The molecule has 5 heteroatoms. The molecule has 0 radical (unpaired) electrons. The molecule has 0 aliphatic rings. The predicted molar refractivity (Wildman–Crippen MR) is 86.5 cm³/mol. The van der Waals surface area contributed by atoms with Gasteiger partial charge in [-0.2, -0.15) is 0 Å². The Balaban J connectivity index is 4.35. The standard InChI is InChI=1S/C9H18I2OS2/c1-7(2,12-11)8(3,4)13-14-9(5,6)10/h1-6H3. The molecule has 86 valence electrons. The number of alkyl halides is 1. The third-order valence-corrected chi connectivity index (χ3v) is 8.89. The molecule has 0 fully saturated rings. The maximum Gasteiger partial charge on any atom is 0.110 e. The maximum absolute atomic E-state index is 5.50. The first-order valence-electron chi connectivity index (χ1n) is 4.37. The summed E-state index contributed by atoms with van der Waals surface area (Å²) >= 11 is 4.45. The van der Waals surface area contributed by atoms with E-state index in [0.717, 1.165) is 0 Å². The molecule has 0 spiro atoms. The molecule has 0 heterocycles. The molecular formula is C9H18I2OS2. The van der Waals surface area contributed by atoms with Gasteiger partial charge in [-0.05, 0) is 41.5 Å². The van der Waals surface area contributed by atoms with Crippen molar-refractivity contribution in [3.63, 3.8) is 0 Å². The molecule has 0 aromatic rings. The summed E-state index contributed by atoms with van der Waals surface area (Å²) in [5.41, 5.74) is -0.118. The first-order valence-corrected chi connectivity index (χ1v) is 8.48. The fourth-order valence-electron chi connectivity index (χ4n) is 0.396. The highest BCUT2D eigenvalue weighted by atomic mass is 127. The lowest BCUT2D eigenvalue weighted by Gasteiger charge is -2.39. The largest absolute Gasteiger partial charge is 0.308 e. The van der Waals surface area contributed by atoms with Gasteiger partial charge in [0.1, 0.15) is 23.0 Å². The summed E-state index contributed by atoms with van der Waals surface area (Å²) < 4.78 is 5.86. The topological polar surface area (TPSA) is 9.23 Å². The van der Waals surface area contributed by atoms with Gasteiger partial charge in [-0.15, -0.1) is 0 Å². The highest BCUT2D eigenvalue weighted by Crippen LogP contribution is 2.51. The van der Waals surface area contributed by atoms with Gasteiger partial charge in [0.2, 0.25) is 0 Å². The second kappa shape index (κ2) is 5.64. The van der Waals surface area contributed by atoms with Crippen molar-refractivity contribution in [3.05, 3.63) is 0 Å². The van der Waals surface area contributed by atoms with Crippen LogP contribution in [0.3, 0.4) is 0 Å². The van der Waals surface area contributed by atoms with Gasteiger partial charge in [0, 0.05) is 0 Å². The van der Waals surface area contributed by atoms with Crippen LogP contribution in [0.2, 0.25) is 0 Å². The molecule has 0 atom stereocenters. The Hall–Kier alpha value is 2.12. The van der Waals surface area contributed by atoms with E-state index in [2.05, 4.69) is 64.1 Å². The summed E-state index contributed by atoms with van der Waals surface area (Å²) in [5.74, 6) is 0. The summed E-state index contributed by atoms with van der Waals surface area (Å²) in [6.45, 7) is 13.2. The van der Waals surface area contributed by atoms with Gasteiger partial charge in [-0.1, -0.05) is 44.2 Å². The quantitative estimate of drug-likeness (QED) is 0.307. The van der Waals surface area contributed by atoms with Crippen LogP contribution in [-0.4, -0.2) is 13.1 Å². The van der Waals surface area contributed by atoms with Gasteiger partial charge in [0.05, 0.1) is 13.1 Å². The number of halogens is 2. The van der Waals surface area contributed by atoms with Crippen molar-refractivity contribution in [2.24, 2.45) is 0 Å². The van der Waals surface area contributed by atoms with Crippen LogP contribution in [-0.2, 0) is 3.07 Å². The zero-order chi connectivity index (χ0) is 11.6. The minimum absolute atomic E-state index is 0.0985. The van der Waals surface area contributed by atoms with Gasteiger partial charge in [0.25, 0.3) is 0 Å². The molecule has 0 N–H and O–H groups in total. The monoisotopic (exact) mass is 460 g/mol. The molecule has 0 aromatic heterocycles. The van der Waals surface area contributed by atoms with Crippen LogP contribution in [0.1, 0.15) is 41.5 Å². The third kappa shape index (κ3) is 5.45. The summed E-state index contributed by atoms with van der Waals surface area (Å²) in [5, 5.41) is 0. The van der Waals surface area contributed by atoms with Crippen LogP contribution in [0.4, 0.5) is 0 Å². The zero-order valence-electron chi connectivity index (χ0n) is 9.48. The Kier molecular flexibility index (Phi) is 6.49. The van der Waals surface area contributed by atoms with Crippen LogP contribution in [0.5, 0.6) is 0 Å². The Morgan fingerprint density at radius 2 is 1.36 bits per heavy atom. The van der Waals surface area contributed by atoms with E-state index in [4.69, 9.17) is 3.07 Å². The molecular weight excluding hydrogens is 442 g/mol. The molecule has 0 aliphatic heterocycles. The van der Waals surface area contributed by atoms with E-state index < -0.39 is 0 Å². The normalized spacial score (nSPS) is 14.6. The van der Waals surface area contributed by atoms with E-state index in [1.165, 1.54) is 0 Å². The van der Waals surface area contributed by atoms with Crippen LogP contribution >= 0.6 is 67.2 Å². The van der Waals surface area contributed by atoms with Crippen molar-refractivity contribution < 1.29 is 3.07 Å². The van der Waals surface area contributed by atoms with Crippen molar-refractivity contribution in [2.45, 2.75) is 54.6 Å². The van der Waals surface area contributed by atoms with Crippen LogP contribution < -0.4 is 0 Å². The van der Waals surface area contributed by atoms with Crippen molar-refractivity contribution in [1.29, 1.82) is 0 Å². The SMILES string of the molecule is CC(C)(I)SSC(C)(C)C(C)(C)OI. The molecule has 0 bridgehead atoms. The number of rotatable bonds is 5. The first-order chi connectivity index (χ1) is 6.02.